The van der Waals surface area contributed by atoms with Crippen molar-refractivity contribution in [2.24, 2.45) is 0 Å². The van der Waals surface area contributed by atoms with Crippen LogP contribution < -0.4 is 10.9 Å². The van der Waals surface area contributed by atoms with Crippen molar-refractivity contribution in [3.8, 4) is 0 Å². The van der Waals surface area contributed by atoms with Crippen molar-refractivity contribution < 1.29 is 13.5 Å². The van der Waals surface area contributed by atoms with Gasteiger partial charge in [0.1, 0.15) is 5.65 Å². The Morgan fingerprint density at radius 1 is 1.40 bits per heavy atom. The number of aliphatic hydroxyl groups excluding tert-OH is 1. The Bertz CT molecular complexity index is 919. The number of fused-ring (bicyclic) bond motifs is 1. The van der Waals surface area contributed by atoms with Crippen LogP contribution in [0.3, 0.4) is 0 Å². The van der Waals surface area contributed by atoms with Gasteiger partial charge in [0.05, 0.1) is 6.26 Å². The third-order valence-electron chi connectivity index (χ3n) is 4.31. The van der Waals surface area contributed by atoms with E-state index in [-0.39, 0.29) is 24.6 Å². The maximum Gasteiger partial charge on any atom is 0.252 e. The average molecular weight is 367 g/mol. The number of aromatic amines is 1. The maximum absolute atomic E-state index is 11.9. The van der Waals surface area contributed by atoms with Gasteiger partial charge in [0.15, 0.2) is 0 Å². The molecule has 0 bridgehead atoms. The highest BCUT2D eigenvalue weighted by Gasteiger charge is 2.25. The van der Waals surface area contributed by atoms with E-state index in [0.29, 0.717) is 48.5 Å². The fourth-order valence-electron chi connectivity index (χ4n) is 2.93. The molecule has 3 N–H and O–H groups in total. The number of rotatable bonds is 5. The monoisotopic (exact) mass is 367 g/mol. The SMILES string of the molecule is CS(=O)(=O)N1CCC(Nc2ncc3cc(CCO)c(=O)[nH]c3n2)CC1. The van der Waals surface area contributed by atoms with Crippen molar-refractivity contribution in [3.05, 3.63) is 28.2 Å². The van der Waals surface area contributed by atoms with E-state index in [4.69, 9.17) is 5.11 Å². The summed E-state index contributed by atoms with van der Waals surface area (Å²) in [5, 5.41) is 12.9. The molecule has 0 radical (unpaired) electrons. The number of sulfonamides is 1. The summed E-state index contributed by atoms with van der Waals surface area (Å²) >= 11 is 0. The minimum absolute atomic E-state index is 0.0795. The van der Waals surface area contributed by atoms with E-state index in [1.54, 1.807) is 12.3 Å². The lowest BCUT2D eigenvalue weighted by molar-refractivity contribution is 0.299. The maximum atomic E-state index is 11.9. The standard InChI is InChI=1S/C15H21N5O4S/c1-25(23,24)20-5-2-12(3-6-20)17-15-16-9-11-8-10(4-7-21)14(22)18-13(11)19-15/h8-9,12,21H,2-7H2,1H3,(H2,16,17,18,19,22). The molecule has 0 atom stereocenters. The van der Waals surface area contributed by atoms with Crippen molar-refractivity contribution in [1.82, 2.24) is 19.3 Å². The van der Waals surface area contributed by atoms with E-state index in [0.717, 1.165) is 0 Å². The van der Waals surface area contributed by atoms with Gasteiger partial charge in [0, 0.05) is 49.3 Å². The summed E-state index contributed by atoms with van der Waals surface area (Å²) in [6, 6.07) is 1.76. The lowest BCUT2D eigenvalue weighted by Crippen LogP contribution is -2.42. The van der Waals surface area contributed by atoms with Crippen molar-refractivity contribution >= 4 is 27.0 Å². The molecule has 1 aliphatic rings. The van der Waals surface area contributed by atoms with Gasteiger partial charge in [-0.1, -0.05) is 0 Å². The molecule has 136 valence electrons. The Morgan fingerprint density at radius 3 is 2.76 bits per heavy atom. The van der Waals surface area contributed by atoms with Crippen molar-refractivity contribution in [1.29, 1.82) is 0 Å². The smallest absolute Gasteiger partial charge is 0.252 e. The van der Waals surface area contributed by atoms with Crippen molar-refractivity contribution in [2.75, 3.05) is 31.3 Å². The molecule has 0 saturated carbocycles. The van der Waals surface area contributed by atoms with Gasteiger partial charge in [-0.3, -0.25) is 4.79 Å². The molecule has 1 saturated heterocycles. The second-order valence-corrected chi connectivity index (χ2v) is 8.16. The zero-order chi connectivity index (χ0) is 18.0. The largest absolute Gasteiger partial charge is 0.396 e. The van der Waals surface area contributed by atoms with Crippen LogP contribution in [0.25, 0.3) is 11.0 Å². The number of H-pyrrole nitrogens is 1. The summed E-state index contributed by atoms with van der Waals surface area (Å²) in [7, 11) is -3.15. The first-order valence-electron chi connectivity index (χ1n) is 8.08. The number of nitrogens with zero attached hydrogens (tertiary/aromatic N) is 3. The molecule has 0 aliphatic carbocycles. The van der Waals surface area contributed by atoms with Gasteiger partial charge in [0.25, 0.3) is 5.56 Å². The molecular weight excluding hydrogens is 346 g/mol. The second-order valence-electron chi connectivity index (χ2n) is 6.18. The van der Waals surface area contributed by atoms with E-state index < -0.39 is 10.0 Å². The van der Waals surface area contributed by atoms with E-state index in [1.807, 2.05) is 0 Å². The molecule has 1 aliphatic heterocycles. The Morgan fingerprint density at radius 2 is 2.12 bits per heavy atom. The van der Waals surface area contributed by atoms with Crippen LogP contribution in [0.5, 0.6) is 0 Å². The first-order valence-corrected chi connectivity index (χ1v) is 9.93. The van der Waals surface area contributed by atoms with Crippen LogP contribution in [0.4, 0.5) is 5.95 Å². The van der Waals surface area contributed by atoms with Crippen molar-refractivity contribution in [2.45, 2.75) is 25.3 Å². The highest BCUT2D eigenvalue weighted by atomic mass is 32.2. The normalized spacial score (nSPS) is 17.0. The highest BCUT2D eigenvalue weighted by molar-refractivity contribution is 7.88. The molecule has 0 aromatic carbocycles. The molecule has 2 aromatic heterocycles. The topological polar surface area (TPSA) is 128 Å². The van der Waals surface area contributed by atoms with Gasteiger partial charge in [-0.25, -0.2) is 17.7 Å². The zero-order valence-corrected chi connectivity index (χ0v) is 14.7. The Balaban J connectivity index is 1.73. The molecule has 25 heavy (non-hydrogen) atoms. The third-order valence-corrected chi connectivity index (χ3v) is 5.61. The number of hydrogen-bond donors (Lipinski definition) is 3. The average Bonchev–Trinajstić information content (AvgIpc) is 2.55. The second kappa shape index (κ2) is 7.06. The lowest BCUT2D eigenvalue weighted by Gasteiger charge is -2.30. The summed E-state index contributed by atoms with van der Waals surface area (Å²) < 4.78 is 24.5. The molecule has 2 aromatic rings. The number of aliphatic hydroxyl groups is 1. The Hall–Kier alpha value is -2.04. The van der Waals surface area contributed by atoms with Crippen LogP contribution >= 0.6 is 0 Å². The molecule has 3 heterocycles. The van der Waals surface area contributed by atoms with Gasteiger partial charge in [-0.15, -0.1) is 0 Å². The molecule has 0 amide bonds. The highest BCUT2D eigenvalue weighted by Crippen LogP contribution is 2.17. The molecule has 0 unspecified atom stereocenters. The van der Waals surface area contributed by atoms with Gasteiger partial charge in [-0.2, -0.15) is 4.98 Å². The van der Waals surface area contributed by atoms with Crippen LogP contribution in [0.2, 0.25) is 0 Å². The summed E-state index contributed by atoms with van der Waals surface area (Å²) in [6.07, 6.45) is 4.45. The number of pyridine rings is 1. The number of hydrogen-bond acceptors (Lipinski definition) is 7. The lowest BCUT2D eigenvalue weighted by atomic mass is 10.1. The molecule has 0 spiro atoms. The van der Waals surface area contributed by atoms with Crippen molar-refractivity contribution in [3.63, 3.8) is 0 Å². The fraction of sp³-hybridized carbons (Fsp3) is 0.533. The van der Waals surface area contributed by atoms with E-state index in [1.165, 1.54) is 10.6 Å². The Labute approximate surface area is 145 Å². The van der Waals surface area contributed by atoms with E-state index in [9.17, 15) is 13.2 Å². The minimum atomic E-state index is -3.15. The summed E-state index contributed by atoms with van der Waals surface area (Å²) in [4.78, 5) is 23.2. The van der Waals surface area contributed by atoms with Crippen LogP contribution in [0, 0.1) is 0 Å². The van der Waals surface area contributed by atoms with Gasteiger partial charge < -0.3 is 15.4 Å². The molecule has 10 heteroatoms. The van der Waals surface area contributed by atoms with E-state index in [2.05, 4.69) is 20.3 Å². The first kappa shape index (κ1) is 17.8. The van der Waals surface area contributed by atoms with Gasteiger partial charge >= 0.3 is 0 Å². The first-order chi connectivity index (χ1) is 11.9. The van der Waals surface area contributed by atoms with Crippen LogP contribution in [0.15, 0.2) is 17.1 Å². The molecule has 1 fully saturated rings. The van der Waals surface area contributed by atoms with Crippen LogP contribution in [-0.4, -0.2) is 64.8 Å². The third kappa shape index (κ3) is 4.14. The number of aromatic nitrogens is 3. The molecule has 9 nitrogen and oxygen atoms in total. The van der Waals surface area contributed by atoms with E-state index >= 15 is 0 Å². The van der Waals surface area contributed by atoms with Crippen LogP contribution in [0.1, 0.15) is 18.4 Å². The Kier molecular flexibility index (Phi) is 5.02. The zero-order valence-electron chi connectivity index (χ0n) is 13.9. The molecule has 3 rings (SSSR count). The minimum Gasteiger partial charge on any atom is -0.396 e. The molecular formula is C15H21N5O4S. The predicted molar refractivity (Wildman–Crippen MR) is 94.0 cm³/mol. The van der Waals surface area contributed by atoms with Gasteiger partial charge in [0.2, 0.25) is 16.0 Å². The summed E-state index contributed by atoms with van der Waals surface area (Å²) in [5.41, 5.74) is 0.651. The fourth-order valence-corrected chi connectivity index (χ4v) is 3.80. The number of nitrogens with one attached hydrogen (secondary N) is 2. The van der Waals surface area contributed by atoms with Crippen LogP contribution in [-0.2, 0) is 16.4 Å². The number of piperidine rings is 1. The summed E-state index contributed by atoms with van der Waals surface area (Å²) in [6.45, 7) is 0.831. The summed E-state index contributed by atoms with van der Waals surface area (Å²) in [5.74, 6) is 0.399. The van der Waals surface area contributed by atoms with Gasteiger partial charge in [-0.05, 0) is 18.9 Å². The predicted octanol–water partition coefficient (Wildman–Crippen LogP) is -0.311. The number of anilines is 1. The quantitative estimate of drug-likeness (QED) is 0.661.